The Labute approximate surface area is 98.3 Å². The van der Waals surface area contributed by atoms with Crippen molar-refractivity contribution >= 4 is 33.2 Å². The van der Waals surface area contributed by atoms with Crippen LogP contribution < -0.4 is 0 Å². The van der Waals surface area contributed by atoms with Crippen molar-refractivity contribution < 1.29 is 9.90 Å². The summed E-state index contributed by atoms with van der Waals surface area (Å²) in [5.41, 5.74) is 0.0746. The van der Waals surface area contributed by atoms with Crippen molar-refractivity contribution in [3.8, 4) is 0 Å². The maximum atomic E-state index is 10.6. The van der Waals surface area contributed by atoms with Crippen LogP contribution in [0.4, 0.5) is 0 Å². The minimum atomic E-state index is -0.999. The molecule has 0 aromatic carbocycles. The molecule has 2 rings (SSSR count). The highest BCUT2D eigenvalue weighted by Gasteiger charge is 2.07. The van der Waals surface area contributed by atoms with Gasteiger partial charge in [0.2, 0.25) is 0 Å². The highest BCUT2D eigenvalue weighted by molar-refractivity contribution is 9.11. The third-order valence-corrected chi connectivity index (χ3v) is 3.41. The molecule has 0 aliphatic heterocycles. The molecule has 0 bridgehead atoms. The predicted octanol–water partition coefficient (Wildman–Crippen LogP) is 2.45. The van der Waals surface area contributed by atoms with E-state index in [0.717, 1.165) is 8.66 Å². The van der Waals surface area contributed by atoms with E-state index in [2.05, 4.69) is 21.0 Å². The molecule has 0 aliphatic carbocycles. The van der Waals surface area contributed by atoms with Gasteiger partial charge >= 0.3 is 5.97 Å². The van der Waals surface area contributed by atoms with Gasteiger partial charge in [0, 0.05) is 11.1 Å². The topological polar surface area (TPSA) is 55.1 Å². The van der Waals surface area contributed by atoms with Gasteiger partial charge in [-0.25, -0.2) is 4.79 Å². The van der Waals surface area contributed by atoms with Gasteiger partial charge < -0.3 is 5.11 Å². The van der Waals surface area contributed by atoms with Gasteiger partial charge in [0.25, 0.3) is 0 Å². The second kappa shape index (κ2) is 4.16. The number of aromatic nitrogens is 2. The zero-order valence-corrected chi connectivity index (χ0v) is 9.96. The molecule has 2 aromatic heterocycles. The number of hydrogen-bond acceptors (Lipinski definition) is 3. The van der Waals surface area contributed by atoms with Crippen LogP contribution in [-0.4, -0.2) is 20.9 Å². The molecule has 0 unspecified atom stereocenters. The van der Waals surface area contributed by atoms with Crippen LogP contribution in [-0.2, 0) is 6.54 Å². The Morgan fingerprint density at radius 2 is 2.33 bits per heavy atom. The van der Waals surface area contributed by atoms with Crippen LogP contribution in [0.5, 0.6) is 0 Å². The van der Waals surface area contributed by atoms with Crippen molar-refractivity contribution in [3.05, 3.63) is 38.8 Å². The fraction of sp³-hybridized carbons (Fsp3) is 0.111. The third kappa shape index (κ3) is 2.45. The number of halogens is 1. The highest BCUT2D eigenvalue weighted by Crippen LogP contribution is 2.22. The van der Waals surface area contributed by atoms with Crippen LogP contribution in [0, 0.1) is 0 Å². The van der Waals surface area contributed by atoms with Crippen molar-refractivity contribution in [2.75, 3.05) is 0 Å². The number of carboxylic acid groups (broad SMARTS) is 1. The molecule has 2 heterocycles. The van der Waals surface area contributed by atoms with Crippen molar-refractivity contribution in [2.45, 2.75) is 6.54 Å². The Bertz CT molecular complexity index is 492. The third-order valence-electron chi connectivity index (χ3n) is 1.81. The Morgan fingerprint density at radius 3 is 2.87 bits per heavy atom. The fourth-order valence-corrected chi connectivity index (χ4v) is 2.64. The molecule has 6 heteroatoms. The van der Waals surface area contributed by atoms with E-state index >= 15 is 0 Å². The van der Waals surface area contributed by atoms with Crippen LogP contribution >= 0.6 is 27.3 Å². The van der Waals surface area contributed by atoms with E-state index in [-0.39, 0.29) is 5.69 Å². The van der Waals surface area contributed by atoms with Crippen molar-refractivity contribution in [1.82, 2.24) is 9.78 Å². The van der Waals surface area contributed by atoms with Crippen molar-refractivity contribution in [2.24, 2.45) is 0 Å². The number of thiophene rings is 1. The first-order chi connectivity index (χ1) is 7.15. The first-order valence-corrected chi connectivity index (χ1v) is 5.77. The van der Waals surface area contributed by atoms with Gasteiger partial charge in [0.15, 0.2) is 5.69 Å². The zero-order chi connectivity index (χ0) is 10.8. The highest BCUT2D eigenvalue weighted by atomic mass is 79.9. The number of aromatic carboxylic acids is 1. The van der Waals surface area contributed by atoms with Crippen LogP contribution in [0.3, 0.4) is 0 Å². The van der Waals surface area contributed by atoms with Gasteiger partial charge in [-0.2, -0.15) is 5.10 Å². The van der Waals surface area contributed by atoms with Crippen LogP contribution in [0.25, 0.3) is 0 Å². The largest absolute Gasteiger partial charge is 0.476 e. The number of hydrogen-bond donors (Lipinski definition) is 1. The quantitative estimate of drug-likeness (QED) is 0.943. The normalized spacial score (nSPS) is 10.5. The first kappa shape index (κ1) is 10.4. The number of nitrogens with zero attached hydrogens (tertiary/aromatic N) is 2. The molecule has 0 saturated carbocycles. The second-order valence-corrected chi connectivity index (χ2v) is 5.46. The monoisotopic (exact) mass is 286 g/mol. The van der Waals surface area contributed by atoms with Gasteiger partial charge in [-0.1, -0.05) is 0 Å². The Balaban J connectivity index is 2.14. The number of carbonyl (C=O) groups is 1. The minimum absolute atomic E-state index is 0.0746. The molecular formula is C9H7BrN2O2S. The van der Waals surface area contributed by atoms with Gasteiger partial charge in [-0.05, 0) is 34.1 Å². The SMILES string of the molecule is O=C(O)c1ccn(Cc2ccc(Br)s2)n1. The fourth-order valence-electron chi connectivity index (χ4n) is 1.16. The average Bonchev–Trinajstić information content (AvgIpc) is 2.76. The van der Waals surface area contributed by atoms with E-state index in [1.54, 1.807) is 22.2 Å². The molecule has 0 aliphatic rings. The lowest BCUT2D eigenvalue weighted by Crippen LogP contribution is -2.02. The van der Waals surface area contributed by atoms with E-state index in [1.165, 1.54) is 6.07 Å². The summed E-state index contributed by atoms with van der Waals surface area (Å²) in [7, 11) is 0. The molecule has 0 amide bonds. The van der Waals surface area contributed by atoms with Crippen molar-refractivity contribution in [1.29, 1.82) is 0 Å². The number of rotatable bonds is 3. The van der Waals surface area contributed by atoms with E-state index < -0.39 is 5.97 Å². The number of carboxylic acids is 1. The second-order valence-electron chi connectivity index (χ2n) is 2.91. The van der Waals surface area contributed by atoms with E-state index in [4.69, 9.17) is 5.11 Å². The molecule has 78 valence electrons. The summed E-state index contributed by atoms with van der Waals surface area (Å²) in [5, 5.41) is 12.6. The Kier molecular flexibility index (Phi) is 2.88. The zero-order valence-electron chi connectivity index (χ0n) is 7.55. The lowest BCUT2D eigenvalue weighted by Gasteiger charge is -1.96. The standard InChI is InChI=1S/C9H7BrN2O2S/c10-8-2-1-6(15-8)5-12-4-3-7(11-12)9(13)14/h1-4H,5H2,(H,13,14). The molecule has 0 fully saturated rings. The van der Waals surface area contributed by atoms with Crippen molar-refractivity contribution in [3.63, 3.8) is 0 Å². The molecule has 0 spiro atoms. The molecule has 0 atom stereocenters. The molecule has 4 nitrogen and oxygen atoms in total. The molecule has 15 heavy (non-hydrogen) atoms. The summed E-state index contributed by atoms with van der Waals surface area (Å²) in [4.78, 5) is 11.7. The molecular weight excluding hydrogens is 280 g/mol. The minimum Gasteiger partial charge on any atom is -0.476 e. The van der Waals surface area contributed by atoms with E-state index in [9.17, 15) is 4.79 Å². The Morgan fingerprint density at radius 1 is 1.53 bits per heavy atom. The Hall–Kier alpha value is -1.14. The summed E-state index contributed by atoms with van der Waals surface area (Å²) in [6.45, 7) is 0.601. The van der Waals surface area contributed by atoms with Gasteiger partial charge in [0.05, 0.1) is 10.3 Å². The van der Waals surface area contributed by atoms with E-state index in [0.29, 0.717) is 6.54 Å². The summed E-state index contributed by atoms with van der Waals surface area (Å²) in [6, 6.07) is 5.43. The summed E-state index contributed by atoms with van der Waals surface area (Å²) < 4.78 is 2.67. The maximum absolute atomic E-state index is 10.6. The maximum Gasteiger partial charge on any atom is 0.356 e. The molecule has 0 saturated heterocycles. The molecule has 1 N–H and O–H groups in total. The first-order valence-electron chi connectivity index (χ1n) is 4.16. The lowest BCUT2D eigenvalue weighted by atomic mass is 10.4. The van der Waals surface area contributed by atoms with Crippen LogP contribution in [0.15, 0.2) is 28.2 Å². The van der Waals surface area contributed by atoms with Gasteiger partial charge in [-0.3, -0.25) is 4.68 Å². The average molecular weight is 287 g/mol. The summed E-state index contributed by atoms with van der Waals surface area (Å²) in [6.07, 6.45) is 1.66. The predicted molar refractivity (Wildman–Crippen MR) is 60.3 cm³/mol. The lowest BCUT2D eigenvalue weighted by molar-refractivity contribution is 0.0689. The molecule has 0 radical (unpaired) electrons. The summed E-state index contributed by atoms with van der Waals surface area (Å²) >= 11 is 4.98. The van der Waals surface area contributed by atoms with E-state index in [1.807, 2.05) is 12.1 Å². The van der Waals surface area contributed by atoms with Crippen LogP contribution in [0.1, 0.15) is 15.4 Å². The van der Waals surface area contributed by atoms with Crippen LogP contribution in [0.2, 0.25) is 0 Å². The summed E-state index contributed by atoms with van der Waals surface area (Å²) in [5.74, 6) is -0.999. The molecule has 2 aromatic rings. The van der Waals surface area contributed by atoms with Gasteiger partial charge in [0.1, 0.15) is 0 Å². The smallest absolute Gasteiger partial charge is 0.356 e. The van der Waals surface area contributed by atoms with Gasteiger partial charge in [-0.15, -0.1) is 11.3 Å².